The van der Waals surface area contributed by atoms with Crippen LogP contribution in [0.25, 0.3) is 22.5 Å². The van der Waals surface area contributed by atoms with E-state index in [9.17, 15) is 5.11 Å². The lowest BCUT2D eigenvalue weighted by Crippen LogP contribution is -2.00. The maximum Gasteiger partial charge on any atom is 0.205 e. The van der Waals surface area contributed by atoms with Crippen molar-refractivity contribution in [3.05, 3.63) is 58.2 Å². The van der Waals surface area contributed by atoms with Gasteiger partial charge in [0.05, 0.1) is 5.56 Å². The van der Waals surface area contributed by atoms with Crippen LogP contribution in [0.1, 0.15) is 12.8 Å². The Kier molecular flexibility index (Phi) is 3.77. The number of halogens is 1. The van der Waals surface area contributed by atoms with E-state index in [0.29, 0.717) is 17.7 Å². The average Bonchev–Trinajstić information content (AvgIpc) is 3.31. The number of rotatable bonds is 4. The van der Waals surface area contributed by atoms with Gasteiger partial charge in [0, 0.05) is 15.2 Å². The van der Waals surface area contributed by atoms with Crippen LogP contribution in [0.15, 0.2) is 59.0 Å². The number of hydrogen-bond donors (Lipinski definition) is 2. The maximum absolute atomic E-state index is 10.8. The molecular formula is C19H16INO2. The lowest BCUT2D eigenvalue weighted by atomic mass is 10.1. The van der Waals surface area contributed by atoms with Crippen molar-refractivity contribution < 1.29 is 9.52 Å². The number of anilines is 1. The molecule has 0 saturated heterocycles. The van der Waals surface area contributed by atoms with Crippen LogP contribution >= 0.6 is 22.6 Å². The number of nitrogens with one attached hydrogen (secondary N) is 1. The monoisotopic (exact) mass is 417 g/mol. The van der Waals surface area contributed by atoms with E-state index in [0.717, 1.165) is 33.1 Å². The van der Waals surface area contributed by atoms with E-state index in [2.05, 4.69) is 34.0 Å². The molecule has 1 saturated carbocycles. The minimum absolute atomic E-state index is 0.196. The Labute approximate surface area is 148 Å². The summed E-state index contributed by atoms with van der Waals surface area (Å²) in [5.74, 6) is 1.37. The molecule has 4 rings (SSSR count). The molecule has 4 heteroatoms. The second kappa shape index (κ2) is 5.92. The number of hydrogen-bond acceptors (Lipinski definition) is 3. The van der Waals surface area contributed by atoms with Crippen LogP contribution in [0.2, 0.25) is 0 Å². The highest BCUT2D eigenvalue weighted by molar-refractivity contribution is 14.1. The smallest absolute Gasteiger partial charge is 0.205 e. The summed E-state index contributed by atoms with van der Waals surface area (Å²) < 4.78 is 7.14. The van der Waals surface area contributed by atoms with Gasteiger partial charge < -0.3 is 14.8 Å². The summed E-state index contributed by atoms with van der Waals surface area (Å²) in [6.45, 7) is 0. The molecule has 0 unspecified atom stereocenters. The molecule has 0 radical (unpaired) electrons. The summed E-state index contributed by atoms with van der Waals surface area (Å²) >= 11 is 2.28. The number of aromatic hydroxyl groups is 1. The highest BCUT2D eigenvalue weighted by Gasteiger charge is 2.28. The number of benzene rings is 2. The largest absolute Gasteiger partial charge is 0.504 e. The van der Waals surface area contributed by atoms with Gasteiger partial charge in [-0.25, -0.2) is 0 Å². The van der Waals surface area contributed by atoms with E-state index in [1.807, 2.05) is 48.5 Å². The molecule has 0 bridgehead atoms. The van der Waals surface area contributed by atoms with Crippen LogP contribution in [0, 0.1) is 3.57 Å². The molecule has 0 aliphatic heterocycles. The predicted molar refractivity (Wildman–Crippen MR) is 101 cm³/mol. The van der Waals surface area contributed by atoms with Crippen molar-refractivity contribution in [3.63, 3.8) is 0 Å². The Bertz CT molecular complexity index is 838. The Balaban J connectivity index is 1.87. The van der Waals surface area contributed by atoms with Crippen molar-refractivity contribution in [2.45, 2.75) is 18.9 Å². The molecule has 1 aliphatic rings. The van der Waals surface area contributed by atoms with Crippen LogP contribution in [-0.2, 0) is 0 Å². The van der Waals surface area contributed by atoms with E-state index in [1.54, 1.807) is 0 Å². The van der Waals surface area contributed by atoms with Crippen LogP contribution in [0.4, 0.5) is 5.88 Å². The summed E-state index contributed by atoms with van der Waals surface area (Å²) in [6, 6.07) is 18.2. The normalized spacial score (nSPS) is 14.0. The molecule has 116 valence electrons. The Morgan fingerprint density at radius 3 is 2.43 bits per heavy atom. The Morgan fingerprint density at radius 2 is 1.74 bits per heavy atom. The van der Waals surface area contributed by atoms with Gasteiger partial charge >= 0.3 is 0 Å². The fourth-order valence-electron chi connectivity index (χ4n) is 2.63. The maximum atomic E-state index is 10.8. The summed E-state index contributed by atoms with van der Waals surface area (Å²) in [7, 11) is 0. The first-order valence-corrected chi connectivity index (χ1v) is 8.74. The van der Waals surface area contributed by atoms with Gasteiger partial charge in [-0.1, -0.05) is 42.5 Å². The van der Waals surface area contributed by atoms with Gasteiger partial charge in [0.15, 0.2) is 11.5 Å². The molecule has 0 amide bonds. The predicted octanol–water partition coefficient (Wildman–Crippen LogP) is 5.50. The molecule has 1 heterocycles. The fourth-order valence-corrected chi connectivity index (χ4v) is 3.18. The first-order chi connectivity index (χ1) is 11.2. The zero-order valence-corrected chi connectivity index (χ0v) is 14.6. The summed E-state index contributed by atoms with van der Waals surface area (Å²) in [5, 5.41) is 14.2. The molecule has 2 N–H and O–H groups in total. The van der Waals surface area contributed by atoms with Gasteiger partial charge in [-0.15, -0.1) is 0 Å². The first kappa shape index (κ1) is 14.6. The first-order valence-electron chi connectivity index (χ1n) is 7.66. The van der Waals surface area contributed by atoms with Crippen LogP contribution in [0.5, 0.6) is 5.75 Å². The second-order valence-electron chi connectivity index (χ2n) is 5.78. The quantitative estimate of drug-likeness (QED) is 0.552. The van der Waals surface area contributed by atoms with Crippen molar-refractivity contribution >= 4 is 28.5 Å². The van der Waals surface area contributed by atoms with Crippen molar-refractivity contribution in [3.8, 4) is 28.2 Å². The van der Waals surface area contributed by atoms with Crippen LogP contribution in [-0.4, -0.2) is 11.1 Å². The lowest BCUT2D eigenvalue weighted by molar-refractivity contribution is 0.466. The van der Waals surface area contributed by atoms with Crippen molar-refractivity contribution in [1.82, 2.24) is 0 Å². The van der Waals surface area contributed by atoms with Crippen molar-refractivity contribution in [2.24, 2.45) is 0 Å². The molecule has 0 atom stereocenters. The molecular weight excluding hydrogens is 401 g/mol. The summed E-state index contributed by atoms with van der Waals surface area (Å²) in [6.07, 6.45) is 2.29. The molecule has 2 aromatic carbocycles. The van der Waals surface area contributed by atoms with Crippen LogP contribution in [0.3, 0.4) is 0 Å². The number of furan rings is 1. The average molecular weight is 417 g/mol. The highest BCUT2D eigenvalue weighted by atomic mass is 127. The Hall–Kier alpha value is -1.95. The molecule has 1 fully saturated rings. The van der Waals surface area contributed by atoms with Gasteiger partial charge in [0.25, 0.3) is 0 Å². The van der Waals surface area contributed by atoms with Gasteiger partial charge in [-0.2, -0.15) is 0 Å². The van der Waals surface area contributed by atoms with Gasteiger partial charge in [0.1, 0.15) is 0 Å². The third-order valence-electron chi connectivity index (χ3n) is 3.94. The van der Waals surface area contributed by atoms with Crippen LogP contribution < -0.4 is 5.32 Å². The van der Waals surface area contributed by atoms with Crippen molar-refractivity contribution in [1.29, 1.82) is 0 Å². The molecule has 23 heavy (non-hydrogen) atoms. The van der Waals surface area contributed by atoms with Gasteiger partial charge in [0.2, 0.25) is 5.88 Å². The van der Waals surface area contributed by atoms with E-state index >= 15 is 0 Å². The molecule has 1 aromatic heterocycles. The van der Waals surface area contributed by atoms with E-state index < -0.39 is 0 Å². The summed E-state index contributed by atoms with van der Waals surface area (Å²) in [4.78, 5) is 0. The Morgan fingerprint density at radius 1 is 1.00 bits per heavy atom. The van der Waals surface area contributed by atoms with E-state index in [4.69, 9.17) is 4.42 Å². The van der Waals surface area contributed by atoms with E-state index in [-0.39, 0.29) is 5.75 Å². The second-order valence-corrected chi connectivity index (χ2v) is 7.02. The minimum atomic E-state index is 0.196. The SMILES string of the molecule is Oc1c(-c2ccccc2)oc(NC2CC2)c1-c1cccc(I)c1. The van der Waals surface area contributed by atoms with E-state index in [1.165, 1.54) is 0 Å². The third kappa shape index (κ3) is 2.95. The third-order valence-corrected chi connectivity index (χ3v) is 4.62. The van der Waals surface area contributed by atoms with Crippen molar-refractivity contribution in [2.75, 3.05) is 5.32 Å². The standard InChI is InChI=1S/C19H16INO2/c20-14-8-4-7-13(11-14)16-17(22)18(12-5-2-1-3-6-12)23-19(16)21-15-9-10-15/h1-8,11,15,21-22H,9-10H2. The fraction of sp³-hybridized carbons (Fsp3) is 0.158. The molecule has 1 aliphatic carbocycles. The van der Waals surface area contributed by atoms with Gasteiger partial charge in [-0.05, 0) is 53.1 Å². The molecule has 0 spiro atoms. The van der Waals surface area contributed by atoms with Gasteiger partial charge in [-0.3, -0.25) is 0 Å². The topological polar surface area (TPSA) is 45.4 Å². The molecule has 3 aromatic rings. The highest BCUT2D eigenvalue weighted by Crippen LogP contribution is 2.47. The summed E-state index contributed by atoms with van der Waals surface area (Å²) in [5.41, 5.74) is 2.58. The zero-order chi connectivity index (χ0) is 15.8. The lowest BCUT2D eigenvalue weighted by Gasteiger charge is -2.05. The minimum Gasteiger partial charge on any atom is -0.504 e. The molecule has 3 nitrogen and oxygen atoms in total. The zero-order valence-electron chi connectivity index (χ0n) is 12.4.